The van der Waals surface area contributed by atoms with E-state index in [0.29, 0.717) is 24.4 Å². The number of hydrogen-bond donors (Lipinski definition) is 1. The number of hydrogen-bond acceptors (Lipinski definition) is 4. The fraction of sp³-hybridized carbons (Fsp3) is 0.231. The van der Waals surface area contributed by atoms with Gasteiger partial charge in [-0.1, -0.05) is 15.9 Å². The number of ether oxygens (including phenoxy) is 1. The van der Waals surface area contributed by atoms with Gasteiger partial charge in [0.15, 0.2) is 0 Å². The van der Waals surface area contributed by atoms with Crippen molar-refractivity contribution in [2.75, 3.05) is 12.3 Å². The lowest BCUT2D eigenvalue weighted by atomic mass is 10.2. The van der Waals surface area contributed by atoms with E-state index in [0.717, 1.165) is 10.3 Å². The number of rotatable bonds is 4. The molecule has 0 amide bonds. The first-order valence-corrected chi connectivity index (χ1v) is 6.56. The SMILES string of the molecule is Cc1nccn1CCOC(=O)c1cc(N)cc(Br)c1. The number of carbonyl (C=O) groups is 1. The van der Waals surface area contributed by atoms with Gasteiger partial charge >= 0.3 is 5.97 Å². The molecule has 2 aromatic rings. The maximum absolute atomic E-state index is 11.8. The van der Waals surface area contributed by atoms with E-state index in [1.54, 1.807) is 24.4 Å². The molecule has 1 aromatic heterocycles. The molecular formula is C13H14BrN3O2. The van der Waals surface area contributed by atoms with Crippen LogP contribution in [-0.4, -0.2) is 22.1 Å². The van der Waals surface area contributed by atoms with Crippen LogP contribution in [-0.2, 0) is 11.3 Å². The van der Waals surface area contributed by atoms with E-state index in [1.807, 2.05) is 17.7 Å². The van der Waals surface area contributed by atoms with Crippen molar-refractivity contribution in [3.8, 4) is 0 Å². The topological polar surface area (TPSA) is 70.1 Å². The monoisotopic (exact) mass is 323 g/mol. The number of benzene rings is 1. The third kappa shape index (κ3) is 3.57. The second-order valence-corrected chi connectivity index (χ2v) is 4.99. The number of nitrogens with zero attached hydrogens (tertiary/aromatic N) is 2. The maximum Gasteiger partial charge on any atom is 0.338 e. The molecule has 0 bridgehead atoms. The number of anilines is 1. The first kappa shape index (κ1) is 13.6. The van der Waals surface area contributed by atoms with Crippen molar-refractivity contribution in [2.24, 2.45) is 0 Å². The average Bonchev–Trinajstić information content (AvgIpc) is 2.74. The number of nitrogen functional groups attached to an aromatic ring is 1. The zero-order chi connectivity index (χ0) is 13.8. The Labute approximate surface area is 119 Å². The molecule has 0 radical (unpaired) electrons. The molecular weight excluding hydrogens is 310 g/mol. The van der Waals surface area contributed by atoms with Gasteiger partial charge in [-0.2, -0.15) is 0 Å². The molecule has 0 atom stereocenters. The van der Waals surface area contributed by atoms with Crippen molar-refractivity contribution in [3.63, 3.8) is 0 Å². The Morgan fingerprint density at radius 3 is 2.89 bits per heavy atom. The van der Waals surface area contributed by atoms with Crippen LogP contribution in [0.3, 0.4) is 0 Å². The van der Waals surface area contributed by atoms with Gasteiger partial charge in [0.25, 0.3) is 0 Å². The molecule has 0 aliphatic heterocycles. The van der Waals surface area contributed by atoms with E-state index >= 15 is 0 Å². The third-order valence-corrected chi connectivity index (χ3v) is 3.10. The van der Waals surface area contributed by atoms with Gasteiger partial charge in [0.05, 0.1) is 12.1 Å². The van der Waals surface area contributed by atoms with E-state index in [2.05, 4.69) is 20.9 Å². The van der Waals surface area contributed by atoms with Gasteiger partial charge in [-0.3, -0.25) is 0 Å². The molecule has 100 valence electrons. The highest BCUT2D eigenvalue weighted by molar-refractivity contribution is 9.10. The van der Waals surface area contributed by atoms with Crippen molar-refractivity contribution in [2.45, 2.75) is 13.5 Å². The third-order valence-electron chi connectivity index (χ3n) is 2.64. The Morgan fingerprint density at radius 1 is 1.47 bits per heavy atom. The van der Waals surface area contributed by atoms with Crippen LogP contribution < -0.4 is 5.73 Å². The van der Waals surface area contributed by atoms with Gasteiger partial charge in [0.1, 0.15) is 12.4 Å². The molecule has 0 fully saturated rings. The molecule has 0 aliphatic carbocycles. The lowest BCUT2D eigenvalue weighted by Gasteiger charge is -2.07. The predicted octanol–water partition coefficient (Wildman–Crippen LogP) is 2.39. The second kappa shape index (κ2) is 5.88. The van der Waals surface area contributed by atoms with Gasteiger partial charge in [-0.25, -0.2) is 9.78 Å². The van der Waals surface area contributed by atoms with Crippen LogP contribution in [0.15, 0.2) is 35.1 Å². The van der Waals surface area contributed by atoms with Gasteiger partial charge in [0.2, 0.25) is 0 Å². The molecule has 19 heavy (non-hydrogen) atoms. The largest absolute Gasteiger partial charge is 0.460 e. The lowest BCUT2D eigenvalue weighted by Crippen LogP contribution is -2.12. The first-order valence-electron chi connectivity index (χ1n) is 5.77. The van der Waals surface area contributed by atoms with Crippen LogP contribution >= 0.6 is 15.9 Å². The van der Waals surface area contributed by atoms with E-state index in [4.69, 9.17) is 10.5 Å². The van der Waals surface area contributed by atoms with Crippen LogP contribution in [0.1, 0.15) is 16.2 Å². The van der Waals surface area contributed by atoms with Crippen molar-refractivity contribution < 1.29 is 9.53 Å². The highest BCUT2D eigenvalue weighted by atomic mass is 79.9. The normalized spacial score (nSPS) is 10.4. The predicted molar refractivity (Wildman–Crippen MR) is 75.8 cm³/mol. The summed E-state index contributed by atoms with van der Waals surface area (Å²) in [4.78, 5) is 15.9. The van der Waals surface area contributed by atoms with Crippen LogP contribution in [0.2, 0.25) is 0 Å². The van der Waals surface area contributed by atoms with Gasteiger partial charge in [-0.15, -0.1) is 0 Å². The van der Waals surface area contributed by atoms with E-state index in [9.17, 15) is 4.79 Å². The summed E-state index contributed by atoms with van der Waals surface area (Å²) in [6.45, 7) is 2.78. The van der Waals surface area contributed by atoms with Crippen LogP contribution in [0.25, 0.3) is 0 Å². The van der Waals surface area contributed by atoms with E-state index in [-0.39, 0.29) is 5.97 Å². The fourth-order valence-corrected chi connectivity index (χ4v) is 2.20. The molecule has 0 unspecified atom stereocenters. The van der Waals surface area contributed by atoms with Crippen molar-refractivity contribution in [1.29, 1.82) is 0 Å². The summed E-state index contributed by atoms with van der Waals surface area (Å²) in [5, 5.41) is 0. The molecule has 5 nitrogen and oxygen atoms in total. The van der Waals surface area contributed by atoms with Crippen molar-refractivity contribution in [1.82, 2.24) is 9.55 Å². The highest BCUT2D eigenvalue weighted by Crippen LogP contribution is 2.17. The Balaban J connectivity index is 1.92. The number of aryl methyl sites for hydroxylation is 1. The smallest absolute Gasteiger partial charge is 0.338 e. The summed E-state index contributed by atoms with van der Waals surface area (Å²) in [5.41, 5.74) is 6.63. The van der Waals surface area contributed by atoms with Gasteiger partial charge < -0.3 is 15.0 Å². The summed E-state index contributed by atoms with van der Waals surface area (Å²) in [7, 11) is 0. The highest BCUT2D eigenvalue weighted by Gasteiger charge is 2.09. The molecule has 0 spiro atoms. The molecule has 0 aliphatic rings. The molecule has 2 N–H and O–H groups in total. The summed E-state index contributed by atoms with van der Waals surface area (Å²) in [5.74, 6) is 0.508. The maximum atomic E-state index is 11.8. The summed E-state index contributed by atoms with van der Waals surface area (Å²) in [6, 6.07) is 5.00. The van der Waals surface area contributed by atoms with E-state index < -0.39 is 0 Å². The van der Waals surface area contributed by atoms with Crippen molar-refractivity contribution in [3.05, 3.63) is 46.5 Å². The minimum atomic E-state index is -0.384. The van der Waals surface area contributed by atoms with E-state index in [1.165, 1.54) is 0 Å². The number of aromatic nitrogens is 2. The molecule has 0 saturated carbocycles. The molecule has 2 rings (SSSR count). The summed E-state index contributed by atoms with van der Waals surface area (Å²) < 4.78 is 7.88. The Hall–Kier alpha value is -1.82. The van der Waals surface area contributed by atoms with Gasteiger partial charge in [-0.05, 0) is 25.1 Å². The molecule has 1 aromatic carbocycles. The Morgan fingerprint density at radius 2 is 2.26 bits per heavy atom. The zero-order valence-electron chi connectivity index (χ0n) is 10.5. The molecule has 0 saturated heterocycles. The zero-order valence-corrected chi connectivity index (χ0v) is 12.1. The average molecular weight is 324 g/mol. The summed E-state index contributed by atoms with van der Waals surface area (Å²) in [6.07, 6.45) is 3.56. The minimum Gasteiger partial charge on any atom is -0.460 e. The van der Waals surface area contributed by atoms with Crippen LogP contribution in [0.5, 0.6) is 0 Å². The fourth-order valence-electron chi connectivity index (χ4n) is 1.69. The van der Waals surface area contributed by atoms with Crippen molar-refractivity contribution >= 4 is 27.6 Å². The lowest BCUT2D eigenvalue weighted by molar-refractivity contribution is 0.0490. The minimum absolute atomic E-state index is 0.294. The Bertz CT molecular complexity index is 575. The quantitative estimate of drug-likeness (QED) is 0.692. The summed E-state index contributed by atoms with van der Waals surface area (Å²) >= 11 is 3.29. The number of nitrogens with two attached hydrogens (primary N) is 1. The number of halogens is 1. The number of carbonyl (C=O) groups excluding carboxylic acids is 1. The standard InChI is InChI=1S/C13H14BrN3O2/c1-9-16-2-3-17(9)4-5-19-13(18)10-6-11(14)8-12(15)7-10/h2-3,6-8H,4-5,15H2,1H3. The first-order chi connectivity index (χ1) is 9.06. The van der Waals surface area contributed by atoms with Gasteiger partial charge in [0, 0.05) is 22.6 Å². The molecule has 6 heteroatoms. The number of esters is 1. The second-order valence-electron chi connectivity index (χ2n) is 4.08. The van der Waals surface area contributed by atoms with Crippen LogP contribution in [0.4, 0.5) is 5.69 Å². The Kier molecular flexibility index (Phi) is 4.21. The van der Waals surface area contributed by atoms with Crippen LogP contribution in [0, 0.1) is 6.92 Å². The number of imidazole rings is 1. The molecule has 1 heterocycles.